The number of hydrogen-bond acceptors (Lipinski definition) is 9. The molecule has 284 valence electrons. The molecule has 1 aliphatic rings. The highest BCUT2D eigenvalue weighted by Gasteiger charge is 2.44. The van der Waals surface area contributed by atoms with Crippen LogP contribution in [-0.4, -0.2) is 89.6 Å². The normalized spacial score (nSPS) is 22.3. The third kappa shape index (κ3) is 24.1. The average Bonchev–Trinajstić information content (AvgIpc) is 3.10. The first kappa shape index (κ1) is 45.2. The van der Waals surface area contributed by atoms with Crippen LogP contribution in [0.3, 0.4) is 0 Å². The van der Waals surface area contributed by atoms with Crippen LogP contribution in [0, 0.1) is 0 Å². The van der Waals surface area contributed by atoms with Crippen molar-refractivity contribution in [2.75, 3.05) is 26.4 Å². The molecule has 0 saturated carbocycles. The lowest BCUT2D eigenvalue weighted by atomic mass is 9.99. The highest BCUT2D eigenvalue weighted by Crippen LogP contribution is 2.22. The summed E-state index contributed by atoms with van der Waals surface area (Å²) in [6, 6.07) is 0. The molecule has 0 aromatic heterocycles. The predicted octanol–water partition coefficient (Wildman–Crippen LogP) is 7.41. The first-order valence-electron chi connectivity index (χ1n) is 19.2. The van der Waals surface area contributed by atoms with Gasteiger partial charge in [-0.1, -0.05) is 114 Å². The van der Waals surface area contributed by atoms with Crippen LogP contribution in [-0.2, 0) is 23.7 Å². The maximum atomic E-state index is 12.7. The fourth-order valence-electron chi connectivity index (χ4n) is 5.45. The van der Waals surface area contributed by atoms with E-state index in [1.54, 1.807) is 0 Å². The number of ether oxygens (including phenoxy) is 4. The molecule has 9 nitrogen and oxygen atoms in total. The van der Waals surface area contributed by atoms with Crippen molar-refractivity contribution in [3.63, 3.8) is 0 Å². The minimum absolute atomic E-state index is 0.124. The third-order valence-corrected chi connectivity index (χ3v) is 8.46. The minimum atomic E-state index is -1.54. The zero-order chi connectivity index (χ0) is 35.8. The highest BCUT2D eigenvalue weighted by molar-refractivity contribution is 5.69. The monoisotopic (exact) mass is 695 g/mol. The smallest absolute Gasteiger partial charge is 0.306 e. The van der Waals surface area contributed by atoms with Crippen LogP contribution in [0.25, 0.3) is 0 Å². The van der Waals surface area contributed by atoms with Gasteiger partial charge in [-0.3, -0.25) is 4.79 Å². The number of aliphatic hydroxyl groups excluding tert-OH is 4. The van der Waals surface area contributed by atoms with Crippen LogP contribution in [0.5, 0.6) is 0 Å². The van der Waals surface area contributed by atoms with Gasteiger partial charge in [0.1, 0.15) is 30.5 Å². The SMILES string of the molecule is CC/C=C\C/C=C\C/C=C\CCCCCCCCOCC(COC1OC(CO)C(O)C(O)C1O)OC(=O)CCCCCCC/C=C\CCC. The molecule has 1 heterocycles. The van der Waals surface area contributed by atoms with Gasteiger partial charge in [0.15, 0.2) is 6.29 Å². The number of carbonyl (C=O) groups is 1. The van der Waals surface area contributed by atoms with E-state index in [2.05, 4.69) is 62.5 Å². The van der Waals surface area contributed by atoms with Gasteiger partial charge in [0.2, 0.25) is 0 Å². The Morgan fingerprint density at radius 1 is 0.673 bits per heavy atom. The molecule has 0 bridgehead atoms. The second-order valence-corrected chi connectivity index (χ2v) is 13.0. The Balaban J connectivity index is 2.33. The summed E-state index contributed by atoms with van der Waals surface area (Å²) in [6.07, 6.45) is 30.0. The fraction of sp³-hybridized carbons (Fsp3) is 0.775. The van der Waals surface area contributed by atoms with Crippen molar-refractivity contribution in [3.05, 3.63) is 48.6 Å². The molecule has 4 N–H and O–H groups in total. The molecular formula is C40H70O9. The Morgan fingerprint density at radius 2 is 1.24 bits per heavy atom. The van der Waals surface area contributed by atoms with Gasteiger partial charge in [-0.15, -0.1) is 0 Å². The highest BCUT2D eigenvalue weighted by atomic mass is 16.7. The van der Waals surface area contributed by atoms with E-state index in [1.807, 2.05) is 0 Å². The van der Waals surface area contributed by atoms with Crippen molar-refractivity contribution in [3.8, 4) is 0 Å². The van der Waals surface area contributed by atoms with Crippen molar-refractivity contribution in [1.82, 2.24) is 0 Å². The summed E-state index contributed by atoms with van der Waals surface area (Å²) in [4.78, 5) is 12.7. The molecule has 0 amide bonds. The standard InChI is InChI=1S/C40H70O9/c1-3-5-7-9-11-13-15-16-17-18-19-20-22-24-26-28-30-46-32-34(33-47-40-39(45)38(44)37(43)35(31-41)49-40)48-36(42)29-27-25-23-21-14-12-10-8-6-4-2/h5,7-8,10-11,13,16-17,34-35,37-41,43-45H,3-4,6,9,12,14-15,18-33H2,1-2H3/b7-5-,10-8-,13-11-,17-16-. The lowest BCUT2D eigenvalue weighted by molar-refractivity contribution is -0.305. The molecule has 1 saturated heterocycles. The molecule has 0 aromatic carbocycles. The maximum Gasteiger partial charge on any atom is 0.306 e. The van der Waals surface area contributed by atoms with Crippen molar-refractivity contribution >= 4 is 5.97 Å². The van der Waals surface area contributed by atoms with Gasteiger partial charge in [-0.05, 0) is 64.2 Å². The van der Waals surface area contributed by atoms with Crippen LogP contribution in [0.15, 0.2) is 48.6 Å². The van der Waals surface area contributed by atoms with Crippen LogP contribution >= 0.6 is 0 Å². The van der Waals surface area contributed by atoms with Crippen LogP contribution < -0.4 is 0 Å². The van der Waals surface area contributed by atoms with E-state index in [9.17, 15) is 25.2 Å². The van der Waals surface area contributed by atoms with Crippen molar-refractivity contribution in [2.45, 2.75) is 173 Å². The fourth-order valence-corrected chi connectivity index (χ4v) is 5.45. The quantitative estimate of drug-likeness (QED) is 0.0333. The summed E-state index contributed by atoms with van der Waals surface area (Å²) < 4.78 is 22.7. The first-order valence-corrected chi connectivity index (χ1v) is 19.2. The molecule has 0 radical (unpaired) electrons. The first-order chi connectivity index (χ1) is 23.9. The zero-order valence-corrected chi connectivity index (χ0v) is 30.7. The topological polar surface area (TPSA) is 135 Å². The van der Waals surface area contributed by atoms with Crippen molar-refractivity contribution in [1.29, 1.82) is 0 Å². The second kappa shape index (κ2) is 32.1. The molecule has 6 atom stereocenters. The summed E-state index contributed by atoms with van der Waals surface area (Å²) >= 11 is 0. The number of unbranched alkanes of at least 4 members (excludes halogenated alkanes) is 12. The van der Waals surface area contributed by atoms with E-state index in [1.165, 1.54) is 25.7 Å². The molecule has 6 unspecified atom stereocenters. The Hall–Kier alpha value is -1.85. The molecule has 1 fully saturated rings. The lowest BCUT2D eigenvalue weighted by Gasteiger charge is -2.39. The minimum Gasteiger partial charge on any atom is -0.457 e. The molecule has 9 heteroatoms. The van der Waals surface area contributed by atoms with E-state index in [0.29, 0.717) is 13.0 Å². The van der Waals surface area contributed by atoms with Gasteiger partial charge in [0.05, 0.1) is 19.8 Å². The number of hydrogen-bond donors (Lipinski definition) is 4. The zero-order valence-electron chi connectivity index (χ0n) is 30.7. The van der Waals surface area contributed by atoms with E-state index < -0.39 is 43.4 Å². The van der Waals surface area contributed by atoms with Crippen molar-refractivity contribution in [2.24, 2.45) is 0 Å². The molecule has 49 heavy (non-hydrogen) atoms. The summed E-state index contributed by atoms with van der Waals surface area (Å²) in [6.45, 7) is 4.32. The maximum absolute atomic E-state index is 12.7. The lowest BCUT2D eigenvalue weighted by Crippen LogP contribution is -2.59. The number of esters is 1. The molecule has 0 aromatic rings. The predicted molar refractivity (Wildman–Crippen MR) is 196 cm³/mol. The van der Waals surface area contributed by atoms with Gasteiger partial charge in [-0.25, -0.2) is 0 Å². The van der Waals surface area contributed by atoms with Crippen molar-refractivity contribution < 1.29 is 44.2 Å². The molecular weight excluding hydrogens is 624 g/mol. The third-order valence-electron chi connectivity index (χ3n) is 8.46. The Morgan fingerprint density at radius 3 is 1.90 bits per heavy atom. The summed E-state index contributed by atoms with van der Waals surface area (Å²) in [5.41, 5.74) is 0. The summed E-state index contributed by atoms with van der Waals surface area (Å²) in [7, 11) is 0. The van der Waals surface area contributed by atoms with Crippen LogP contribution in [0.1, 0.15) is 136 Å². The van der Waals surface area contributed by atoms with E-state index in [-0.39, 0.29) is 19.2 Å². The molecule has 1 rings (SSSR count). The number of allylic oxidation sites excluding steroid dienone is 8. The van der Waals surface area contributed by atoms with E-state index >= 15 is 0 Å². The Bertz CT molecular complexity index is 885. The number of carbonyl (C=O) groups excluding carboxylic acids is 1. The van der Waals surface area contributed by atoms with Gasteiger partial charge in [0, 0.05) is 13.0 Å². The summed E-state index contributed by atoms with van der Waals surface area (Å²) in [5.74, 6) is -0.334. The van der Waals surface area contributed by atoms with E-state index in [4.69, 9.17) is 18.9 Å². The average molecular weight is 695 g/mol. The van der Waals surface area contributed by atoms with Crippen LogP contribution in [0.2, 0.25) is 0 Å². The van der Waals surface area contributed by atoms with Crippen LogP contribution in [0.4, 0.5) is 0 Å². The Kier molecular flexibility index (Phi) is 29.6. The Labute approximate surface area is 297 Å². The van der Waals surface area contributed by atoms with Gasteiger partial charge >= 0.3 is 5.97 Å². The number of aliphatic hydroxyl groups is 4. The number of rotatable bonds is 31. The largest absolute Gasteiger partial charge is 0.457 e. The van der Waals surface area contributed by atoms with E-state index in [0.717, 1.165) is 89.9 Å². The molecule has 0 aliphatic carbocycles. The van der Waals surface area contributed by atoms with Gasteiger partial charge < -0.3 is 39.4 Å². The van der Waals surface area contributed by atoms with Gasteiger partial charge in [-0.2, -0.15) is 0 Å². The molecule has 0 spiro atoms. The second-order valence-electron chi connectivity index (χ2n) is 13.0. The molecule has 1 aliphatic heterocycles. The van der Waals surface area contributed by atoms with Gasteiger partial charge in [0.25, 0.3) is 0 Å². The summed E-state index contributed by atoms with van der Waals surface area (Å²) in [5, 5.41) is 39.9.